The summed E-state index contributed by atoms with van der Waals surface area (Å²) >= 11 is 0. The zero-order chi connectivity index (χ0) is 19.0. The Morgan fingerprint density at radius 2 is 2.15 bits per heavy atom. The molecule has 1 unspecified atom stereocenters. The second kappa shape index (κ2) is 7.02. The number of nitrogens with zero attached hydrogens (tertiary/aromatic N) is 2. The Kier molecular flexibility index (Phi) is 4.56. The van der Waals surface area contributed by atoms with E-state index in [0.717, 1.165) is 36.9 Å². The number of methoxy groups -OCH3 is 1. The minimum atomic E-state index is -0.416. The Labute approximate surface area is 157 Å². The number of aryl methyl sites for hydroxylation is 2. The molecule has 1 N–H and O–H groups in total. The normalized spacial score (nSPS) is 18.2. The molecular weight excluding hydrogens is 345 g/mol. The third-order valence-electron chi connectivity index (χ3n) is 5.25. The first kappa shape index (κ1) is 17.5. The number of benzene rings is 1. The van der Waals surface area contributed by atoms with Crippen LogP contribution in [0.25, 0.3) is 0 Å². The summed E-state index contributed by atoms with van der Waals surface area (Å²) in [7, 11) is 1.43. The van der Waals surface area contributed by atoms with Crippen molar-refractivity contribution in [1.29, 1.82) is 0 Å². The maximum absolute atomic E-state index is 13.9. The molecule has 0 fully saturated rings. The van der Waals surface area contributed by atoms with Gasteiger partial charge in [0.1, 0.15) is 0 Å². The summed E-state index contributed by atoms with van der Waals surface area (Å²) in [5.74, 6) is 0.230. The van der Waals surface area contributed by atoms with Gasteiger partial charge in [-0.3, -0.25) is 4.79 Å². The summed E-state index contributed by atoms with van der Waals surface area (Å²) < 4.78 is 21.1. The van der Waals surface area contributed by atoms with Crippen molar-refractivity contribution in [2.45, 2.75) is 38.6 Å². The molecular formula is C21H22FN3O2. The van der Waals surface area contributed by atoms with E-state index in [4.69, 9.17) is 4.74 Å². The van der Waals surface area contributed by atoms with Crippen molar-refractivity contribution < 1.29 is 9.13 Å². The fraction of sp³-hybridized carbons (Fsp3) is 0.333. The number of halogens is 1. The number of fused-ring (bicyclic) bond motifs is 1. The maximum Gasteiger partial charge on any atom is 0.274 e. The van der Waals surface area contributed by atoms with E-state index in [1.807, 2.05) is 6.92 Å². The molecule has 1 aliphatic heterocycles. The zero-order valence-electron chi connectivity index (χ0n) is 15.5. The molecule has 0 saturated carbocycles. The highest BCUT2D eigenvalue weighted by Crippen LogP contribution is 2.38. The first-order valence-corrected chi connectivity index (χ1v) is 9.16. The zero-order valence-corrected chi connectivity index (χ0v) is 15.5. The Bertz CT molecular complexity index is 1010. The second-order valence-corrected chi connectivity index (χ2v) is 6.97. The van der Waals surface area contributed by atoms with Crippen molar-refractivity contribution in [2.24, 2.45) is 0 Å². The third-order valence-corrected chi connectivity index (χ3v) is 5.25. The van der Waals surface area contributed by atoms with Gasteiger partial charge < -0.3 is 14.6 Å². The number of anilines is 2. The van der Waals surface area contributed by atoms with Gasteiger partial charge in [-0.05, 0) is 49.8 Å². The van der Waals surface area contributed by atoms with Crippen LogP contribution in [0.15, 0.2) is 46.8 Å². The molecule has 2 aliphatic rings. The van der Waals surface area contributed by atoms with Crippen LogP contribution in [0.4, 0.5) is 16.0 Å². The highest BCUT2D eigenvalue weighted by molar-refractivity contribution is 5.62. The average molecular weight is 367 g/mol. The molecule has 1 atom stereocenters. The smallest absolute Gasteiger partial charge is 0.274 e. The Morgan fingerprint density at radius 3 is 2.89 bits per heavy atom. The van der Waals surface area contributed by atoms with Gasteiger partial charge in [-0.2, -0.15) is 4.98 Å². The van der Waals surface area contributed by atoms with Crippen molar-refractivity contribution in [2.75, 3.05) is 12.4 Å². The molecule has 6 heteroatoms. The summed E-state index contributed by atoms with van der Waals surface area (Å²) in [5.41, 5.74) is 3.44. The van der Waals surface area contributed by atoms with Gasteiger partial charge in [-0.1, -0.05) is 18.2 Å². The molecule has 2 heterocycles. The van der Waals surface area contributed by atoms with Gasteiger partial charge in [-0.15, -0.1) is 0 Å². The molecule has 5 nitrogen and oxygen atoms in total. The van der Waals surface area contributed by atoms with Crippen molar-refractivity contribution in [3.8, 4) is 5.75 Å². The molecule has 1 aromatic carbocycles. The van der Waals surface area contributed by atoms with E-state index in [0.29, 0.717) is 11.6 Å². The first-order valence-electron chi connectivity index (χ1n) is 9.16. The van der Waals surface area contributed by atoms with Crippen LogP contribution in [0, 0.1) is 12.7 Å². The van der Waals surface area contributed by atoms with Crippen LogP contribution in [0.5, 0.6) is 5.75 Å². The molecule has 1 aromatic heterocycles. The highest BCUT2D eigenvalue weighted by Gasteiger charge is 2.28. The van der Waals surface area contributed by atoms with Crippen LogP contribution < -0.4 is 15.6 Å². The van der Waals surface area contributed by atoms with Crippen LogP contribution in [0.3, 0.4) is 0 Å². The molecule has 0 radical (unpaired) electrons. The molecule has 27 heavy (non-hydrogen) atoms. The van der Waals surface area contributed by atoms with Crippen molar-refractivity contribution in [1.82, 2.24) is 9.55 Å². The van der Waals surface area contributed by atoms with E-state index in [2.05, 4.69) is 33.1 Å². The first-order chi connectivity index (χ1) is 13.1. The summed E-state index contributed by atoms with van der Waals surface area (Å²) in [6.07, 6.45) is 10.2. The number of ether oxygens (including phenoxy) is 1. The summed E-state index contributed by atoms with van der Waals surface area (Å²) in [4.78, 5) is 16.3. The van der Waals surface area contributed by atoms with E-state index in [-0.39, 0.29) is 17.4 Å². The molecule has 0 bridgehead atoms. The lowest BCUT2D eigenvalue weighted by molar-refractivity contribution is 0.386. The summed E-state index contributed by atoms with van der Waals surface area (Å²) in [5, 5.41) is 3.24. The predicted molar refractivity (Wildman–Crippen MR) is 103 cm³/mol. The third kappa shape index (κ3) is 3.27. The largest absolute Gasteiger partial charge is 0.494 e. The van der Waals surface area contributed by atoms with Crippen LogP contribution in [-0.2, 0) is 6.42 Å². The highest BCUT2D eigenvalue weighted by atomic mass is 19.1. The van der Waals surface area contributed by atoms with Crippen LogP contribution >= 0.6 is 0 Å². The number of aromatic nitrogens is 2. The number of hydrogen-bond donors (Lipinski definition) is 1. The van der Waals surface area contributed by atoms with Gasteiger partial charge in [0.2, 0.25) is 5.95 Å². The van der Waals surface area contributed by atoms with Gasteiger partial charge in [0.25, 0.3) is 5.56 Å². The van der Waals surface area contributed by atoms with Gasteiger partial charge in [0.15, 0.2) is 11.6 Å². The van der Waals surface area contributed by atoms with Crippen LogP contribution in [-0.4, -0.2) is 16.7 Å². The fourth-order valence-corrected chi connectivity index (χ4v) is 3.90. The minimum absolute atomic E-state index is 0.152. The number of rotatable bonds is 4. The molecule has 2 aromatic rings. The van der Waals surface area contributed by atoms with E-state index >= 15 is 0 Å². The second-order valence-electron chi connectivity index (χ2n) is 6.97. The van der Waals surface area contributed by atoms with Crippen LogP contribution in [0.1, 0.15) is 36.6 Å². The molecule has 1 aliphatic carbocycles. The molecule has 4 rings (SSSR count). The summed E-state index contributed by atoms with van der Waals surface area (Å²) in [6.45, 7) is 1.81. The number of allylic oxidation sites excluding steroid dienone is 4. The minimum Gasteiger partial charge on any atom is -0.494 e. The molecule has 0 spiro atoms. The quantitative estimate of drug-likeness (QED) is 0.880. The van der Waals surface area contributed by atoms with Crippen molar-refractivity contribution in [3.63, 3.8) is 0 Å². The molecule has 0 saturated heterocycles. The monoisotopic (exact) mass is 367 g/mol. The van der Waals surface area contributed by atoms with Gasteiger partial charge in [0.05, 0.1) is 13.2 Å². The van der Waals surface area contributed by atoms with Crippen LogP contribution in [0.2, 0.25) is 0 Å². The standard InChI is InChI=1S/C21H22FN3O2/c1-13-10-16(22)19(27-2)12-17(13)23-21-24-20(26)11-15-8-9-18(25(15)21)14-6-4-3-5-7-14/h3-4,6,10-12,18H,5,7-9H2,1-2H3,(H,23,24,26). The SMILES string of the molecule is COc1cc(Nc2nc(=O)cc3n2C(C2=CC=CCC2)CC3)c(C)cc1F. The Balaban J connectivity index is 1.78. The topological polar surface area (TPSA) is 56.1 Å². The Hall–Kier alpha value is -2.89. The predicted octanol–water partition coefficient (Wildman–Crippen LogP) is 4.21. The van der Waals surface area contributed by atoms with Gasteiger partial charge in [0, 0.05) is 23.5 Å². The van der Waals surface area contributed by atoms with Crippen molar-refractivity contribution in [3.05, 3.63) is 69.4 Å². The average Bonchev–Trinajstić information content (AvgIpc) is 3.08. The maximum atomic E-state index is 13.9. The number of hydrogen-bond acceptors (Lipinski definition) is 4. The number of nitrogens with one attached hydrogen (secondary N) is 1. The van der Waals surface area contributed by atoms with E-state index < -0.39 is 5.82 Å². The molecule has 0 amide bonds. The van der Waals surface area contributed by atoms with E-state index in [1.54, 1.807) is 12.1 Å². The lowest BCUT2D eigenvalue weighted by Crippen LogP contribution is -2.20. The lowest BCUT2D eigenvalue weighted by atomic mass is 9.96. The molecule has 140 valence electrons. The van der Waals surface area contributed by atoms with Crippen molar-refractivity contribution >= 4 is 11.6 Å². The fourth-order valence-electron chi connectivity index (χ4n) is 3.90. The van der Waals surface area contributed by atoms with Gasteiger partial charge in [-0.25, -0.2) is 4.39 Å². The van der Waals surface area contributed by atoms with Gasteiger partial charge >= 0.3 is 0 Å². The van der Waals surface area contributed by atoms with E-state index in [9.17, 15) is 9.18 Å². The Morgan fingerprint density at radius 1 is 1.30 bits per heavy atom. The van der Waals surface area contributed by atoms with E-state index in [1.165, 1.54) is 18.7 Å². The summed E-state index contributed by atoms with van der Waals surface area (Å²) in [6, 6.07) is 4.81. The lowest BCUT2D eigenvalue weighted by Gasteiger charge is -2.23.